The van der Waals surface area contributed by atoms with Crippen molar-refractivity contribution in [2.24, 2.45) is 4.99 Å². The average molecular weight is 563 g/mol. The van der Waals surface area contributed by atoms with Gasteiger partial charge >= 0.3 is 6.18 Å². The molecule has 172 valence electrons. The van der Waals surface area contributed by atoms with Gasteiger partial charge in [0.1, 0.15) is 6.61 Å². The van der Waals surface area contributed by atoms with Gasteiger partial charge in [-0.25, -0.2) is 13.4 Å². The molecule has 1 N–H and O–H groups in total. The van der Waals surface area contributed by atoms with Gasteiger partial charge in [0.15, 0.2) is 15.8 Å². The van der Waals surface area contributed by atoms with Crippen LogP contribution in [-0.2, 0) is 27.7 Å². The molecule has 6 nitrogen and oxygen atoms in total. The van der Waals surface area contributed by atoms with Crippen LogP contribution in [0.25, 0.3) is 0 Å². The van der Waals surface area contributed by atoms with Crippen LogP contribution in [0.2, 0.25) is 0 Å². The first-order valence-electron chi connectivity index (χ1n) is 9.41. The van der Waals surface area contributed by atoms with Gasteiger partial charge in [0, 0.05) is 19.6 Å². The van der Waals surface area contributed by atoms with Gasteiger partial charge < -0.3 is 15.0 Å². The van der Waals surface area contributed by atoms with E-state index in [4.69, 9.17) is 4.74 Å². The molecule has 0 spiro atoms. The van der Waals surface area contributed by atoms with E-state index in [1.807, 2.05) is 17.9 Å². The van der Waals surface area contributed by atoms with Gasteiger partial charge in [-0.2, -0.15) is 13.2 Å². The number of benzene rings is 1. The van der Waals surface area contributed by atoms with Gasteiger partial charge in [-0.3, -0.25) is 0 Å². The molecule has 0 atom stereocenters. The van der Waals surface area contributed by atoms with Crippen molar-refractivity contribution in [3.63, 3.8) is 0 Å². The second-order valence-electron chi connectivity index (χ2n) is 7.60. The summed E-state index contributed by atoms with van der Waals surface area (Å²) >= 11 is 0. The van der Waals surface area contributed by atoms with Crippen LogP contribution in [0.3, 0.4) is 0 Å². The van der Waals surface area contributed by atoms with Crippen LogP contribution in [0.5, 0.6) is 0 Å². The minimum atomic E-state index is -4.35. The lowest BCUT2D eigenvalue weighted by Gasteiger charge is -2.39. The fraction of sp³-hybridized carbons (Fsp3) is 0.632. The standard InChI is InChI=1S/C19H28F3N3O3S.HI/c1-4-23-17(25-8-9-29(26,27)18(2,3)13-25)24-11-15-6-5-7-16(10-15)12-28-14-19(20,21)22;/h5-7,10H,4,8-9,11-14H2,1-3H3,(H,23,24);1H. The van der Waals surface area contributed by atoms with Gasteiger partial charge in [-0.1, -0.05) is 24.3 Å². The lowest BCUT2D eigenvalue weighted by Crippen LogP contribution is -2.57. The quantitative estimate of drug-likeness (QED) is 0.327. The van der Waals surface area contributed by atoms with Crippen LogP contribution in [0.1, 0.15) is 31.9 Å². The molecule has 0 unspecified atom stereocenters. The molecule has 2 rings (SSSR count). The molecule has 1 fully saturated rings. The molecule has 1 aromatic carbocycles. The lowest BCUT2D eigenvalue weighted by atomic mass is 10.1. The van der Waals surface area contributed by atoms with Crippen molar-refractivity contribution in [1.29, 1.82) is 0 Å². The number of guanidine groups is 1. The summed E-state index contributed by atoms with van der Waals surface area (Å²) in [6.45, 7) is 5.59. The largest absolute Gasteiger partial charge is 0.411 e. The Bertz CT molecular complexity index is 830. The molecule has 11 heteroatoms. The van der Waals surface area contributed by atoms with Crippen molar-refractivity contribution in [2.75, 3.05) is 32.0 Å². The summed E-state index contributed by atoms with van der Waals surface area (Å²) < 4.78 is 64.9. The summed E-state index contributed by atoms with van der Waals surface area (Å²) in [5, 5.41) is 3.18. The van der Waals surface area contributed by atoms with E-state index >= 15 is 0 Å². The summed E-state index contributed by atoms with van der Waals surface area (Å²) in [5.41, 5.74) is 1.47. The first kappa shape index (κ1) is 27.0. The number of aliphatic imine (C=N–C) groups is 1. The van der Waals surface area contributed by atoms with Crippen molar-refractivity contribution in [2.45, 2.75) is 44.8 Å². The van der Waals surface area contributed by atoms with E-state index < -0.39 is 27.4 Å². The second kappa shape index (κ2) is 11.0. The molecule has 1 aliphatic heterocycles. The minimum absolute atomic E-state index is 0. The van der Waals surface area contributed by atoms with Crippen LogP contribution in [0.4, 0.5) is 13.2 Å². The molecule has 1 aromatic rings. The minimum Gasteiger partial charge on any atom is -0.367 e. The van der Waals surface area contributed by atoms with Gasteiger partial charge in [0.05, 0.1) is 23.7 Å². The molecule has 0 bridgehead atoms. The monoisotopic (exact) mass is 563 g/mol. The third kappa shape index (κ3) is 7.88. The highest BCUT2D eigenvalue weighted by Gasteiger charge is 2.40. The third-order valence-electron chi connectivity index (χ3n) is 4.62. The van der Waals surface area contributed by atoms with Crippen LogP contribution >= 0.6 is 24.0 Å². The first-order valence-corrected chi connectivity index (χ1v) is 11.1. The van der Waals surface area contributed by atoms with Crippen LogP contribution in [0.15, 0.2) is 29.3 Å². The van der Waals surface area contributed by atoms with Gasteiger partial charge in [0.2, 0.25) is 0 Å². The Balaban J connectivity index is 0.00000450. The van der Waals surface area contributed by atoms with Crippen LogP contribution in [-0.4, -0.2) is 62.2 Å². The van der Waals surface area contributed by atoms with Crippen LogP contribution < -0.4 is 5.32 Å². The molecular weight excluding hydrogens is 534 g/mol. The Labute approximate surface area is 193 Å². The smallest absolute Gasteiger partial charge is 0.367 e. The van der Waals surface area contributed by atoms with E-state index in [-0.39, 0.29) is 36.3 Å². The van der Waals surface area contributed by atoms with Crippen molar-refractivity contribution in [1.82, 2.24) is 10.2 Å². The van der Waals surface area contributed by atoms with E-state index in [0.717, 1.165) is 5.56 Å². The normalized spacial score (nSPS) is 18.6. The molecule has 30 heavy (non-hydrogen) atoms. The zero-order valence-electron chi connectivity index (χ0n) is 17.3. The van der Waals surface area contributed by atoms with E-state index in [9.17, 15) is 21.6 Å². The Morgan fingerprint density at radius 3 is 2.57 bits per heavy atom. The number of ether oxygens (including phenoxy) is 1. The maximum absolute atomic E-state index is 12.2. The number of alkyl halides is 3. The van der Waals surface area contributed by atoms with E-state index in [1.165, 1.54) is 0 Å². The molecule has 1 saturated heterocycles. The number of halogens is 4. The van der Waals surface area contributed by atoms with Crippen molar-refractivity contribution in [3.8, 4) is 0 Å². The molecular formula is C19H29F3IN3O3S. The zero-order valence-corrected chi connectivity index (χ0v) is 20.5. The zero-order chi connectivity index (χ0) is 21.7. The average Bonchev–Trinajstić information content (AvgIpc) is 2.60. The third-order valence-corrected chi connectivity index (χ3v) is 7.15. The van der Waals surface area contributed by atoms with Crippen molar-refractivity contribution < 1.29 is 26.3 Å². The fourth-order valence-corrected chi connectivity index (χ4v) is 4.38. The van der Waals surface area contributed by atoms with Crippen molar-refractivity contribution >= 4 is 39.8 Å². The molecule has 0 aliphatic carbocycles. The lowest BCUT2D eigenvalue weighted by molar-refractivity contribution is -0.176. The maximum atomic E-state index is 12.2. The molecule has 0 aromatic heterocycles. The van der Waals surface area contributed by atoms with Gasteiger partial charge in [-0.15, -0.1) is 24.0 Å². The summed E-state index contributed by atoms with van der Waals surface area (Å²) in [4.78, 5) is 6.53. The first-order chi connectivity index (χ1) is 13.4. The summed E-state index contributed by atoms with van der Waals surface area (Å²) in [5.74, 6) is 0.686. The number of nitrogens with one attached hydrogen (secondary N) is 1. The van der Waals surface area contributed by atoms with Crippen molar-refractivity contribution in [3.05, 3.63) is 35.4 Å². The molecule has 0 saturated carbocycles. The SMILES string of the molecule is CCNC(=NCc1cccc(COCC(F)(F)F)c1)N1CCS(=O)(=O)C(C)(C)C1.I. The Hall–Kier alpha value is -1.08. The Morgan fingerprint density at radius 2 is 1.97 bits per heavy atom. The molecule has 0 radical (unpaired) electrons. The fourth-order valence-electron chi connectivity index (χ4n) is 3.02. The predicted molar refractivity (Wildman–Crippen MR) is 122 cm³/mol. The Morgan fingerprint density at radius 1 is 1.30 bits per heavy atom. The number of hydrogen-bond donors (Lipinski definition) is 1. The summed E-state index contributed by atoms with van der Waals surface area (Å²) in [6.07, 6.45) is -4.35. The van der Waals surface area contributed by atoms with E-state index in [0.29, 0.717) is 37.7 Å². The summed E-state index contributed by atoms with van der Waals surface area (Å²) in [6, 6.07) is 7.05. The highest BCUT2D eigenvalue weighted by Crippen LogP contribution is 2.24. The summed E-state index contributed by atoms with van der Waals surface area (Å²) in [7, 11) is -3.15. The van der Waals surface area contributed by atoms with Gasteiger partial charge in [-0.05, 0) is 31.9 Å². The molecule has 1 aliphatic rings. The molecule has 1 heterocycles. The number of nitrogens with zero attached hydrogens (tertiary/aromatic N) is 2. The molecule has 0 amide bonds. The maximum Gasteiger partial charge on any atom is 0.411 e. The highest BCUT2D eigenvalue weighted by atomic mass is 127. The van der Waals surface area contributed by atoms with E-state index in [1.54, 1.807) is 32.0 Å². The second-order valence-corrected chi connectivity index (χ2v) is 10.3. The highest BCUT2D eigenvalue weighted by molar-refractivity contribution is 14.0. The van der Waals surface area contributed by atoms with Gasteiger partial charge in [0.25, 0.3) is 0 Å². The number of sulfone groups is 1. The predicted octanol–water partition coefficient (Wildman–Crippen LogP) is 3.36. The number of hydrogen-bond acceptors (Lipinski definition) is 4. The Kier molecular flexibility index (Phi) is 9.87. The van der Waals surface area contributed by atoms with E-state index in [2.05, 4.69) is 10.3 Å². The topological polar surface area (TPSA) is 71.0 Å². The van der Waals surface area contributed by atoms with Crippen LogP contribution in [0, 0.1) is 0 Å². The number of rotatable bonds is 6.